The molecule has 122 valence electrons. The van der Waals surface area contributed by atoms with E-state index in [1.807, 2.05) is 60.8 Å². The van der Waals surface area contributed by atoms with Crippen LogP contribution in [0.15, 0.2) is 63.5 Å². The highest BCUT2D eigenvalue weighted by molar-refractivity contribution is 9.10. The van der Waals surface area contributed by atoms with Crippen LogP contribution in [0.3, 0.4) is 0 Å². The lowest BCUT2D eigenvalue weighted by molar-refractivity contribution is 0.340. The number of aromatic nitrogens is 1. The fourth-order valence-corrected chi connectivity index (χ4v) is 2.99. The molecule has 3 rings (SSSR count). The minimum atomic E-state index is 0.666. The summed E-state index contributed by atoms with van der Waals surface area (Å²) in [6, 6.07) is 15.9. The third-order valence-electron chi connectivity index (χ3n) is 3.21. The summed E-state index contributed by atoms with van der Waals surface area (Å²) >= 11 is 4.96. The van der Waals surface area contributed by atoms with Crippen LogP contribution < -0.4 is 10.2 Å². The van der Waals surface area contributed by atoms with Crippen molar-refractivity contribution in [2.75, 3.05) is 12.0 Å². The largest absolute Gasteiger partial charge is 0.494 e. The summed E-state index contributed by atoms with van der Waals surface area (Å²) in [7, 11) is 0. The lowest BCUT2D eigenvalue weighted by Crippen LogP contribution is -1.92. The van der Waals surface area contributed by atoms with Crippen molar-refractivity contribution >= 4 is 38.6 Å². The molecule has 0 aliphatic heterocycles. The molecule has 0 aliphatic rings. The van der Waals surface area contributed by atoms with Crippen molar-refractivity contribution < 1.29 is 4.74 Å². The number of anilines is 1. The van der Waals surface area contributed by atoms with Gasteiger partial charge in [-0.05, 0) is 48.9 Å². The molecular weight excluding hydrogens is 386 g/mol. The molecule has 6 heteroatoms. The number of hydrogen-bond acceptors (Lipinski definition) is 5. The van der Waals surface area contributed by atoms with E-state index < -0.39 is 0 Å². The van der Waals surface area contributed by atoms with Crippen LogP contribution in [-0.2, 0) is 0 Å². The monoisotopic (exact) mass is 401 g/mol. The van der Waals surface area contributed by atoms with Crippen LogP contribution in [0.2, 0.25) is 0 Å². The summed E-state index contributed by atoms with van der Waals surface area (Å²) < 4.78 is 6.47. The van der Waals surface area contributed by atoms with Gasteiger partial charge in [-0.1, -0.05) is 28.1 Å². The van der Waals surface area contributed by atoms with Crippen LogP contribution in [0.1, 0.15) is 12.5 Å². The van der Waals surface area contributed by atoms with Crippen LogP contribution in [0, 0.1) is 0 Å². The smallest absolute Gasteiger partial charge is 0.203 e. The number of nitrogens with zero attached hydrogens (tertiary/aromatic N) is 2. The SMILES string of the molecule is CCOc1ccc(/C=N\Nc2nc(-c3ccc(Br)cc3)cs2)cc1. The molecule has 1 aromatic heterocycles. The van der Waals surface area contributed by atoms with Gasteiger partial charge in [0.15, 0.2) is 0 Å². The van der Waals surface area contributed by atoms with Crippen molar-refractivity contribution in [1.29, 1.82) is 0 Å². The van der Waals surface area contributed by atoms with Gasteiger partial charge in [-0.15, -0.1) is 11.3 Å². The topological polar surface area (TPSA) is 46.5 Å². The highest BCUT2D eigenvalue weighted by atomic mass is 79.9. The van der Waals surface area contributed by atoms with Crippen molar-refractivity contribution in [1.82, 2.24) is 4.98 Å². The van der Waals surface area contributed by atoms with Gasteiger partial charge in [0, 0.05) is 15.4 Å². The molecule has 1 N–H and O–H groups in total. The number of ether oxygens (including phenoxy) is 1. The molecule has 0 amide bonds. The molecule has 0 aliphatic carbocycles. The molecule has 0 unspecified atom stereocenters. The summed E-state index contributed by atoms with van der Waals surface area (Å²) in [4.78, 5) is 4.54. The molecular formula is C18H16BrN3OS. The second-order valence-corrected chi connectivity index (χ2v) is 6.69. The zero-order chi connectivity index (χ0) is 16.8. The Balaban J connectivity index is 1.61. The molecule has 0 radical (unpaired) electrons. The second kappa shape index (κ2) is 8.08. The van der Waals surface area contributed by atoms with Crippen molar-refractivity contribution in [3.05, 3.63) is 63.9 Å². The first-order chi connectivity index (χ1) is 11.7. The molecule has 0 saturated heterocycles. The van der Waals surface area contributed by atoms with E-state index in [0.29, 0.717) is 6.61 Å². The summed E-state index contributed by atoms with van der Waals surface area (Å²) in [5, 5.41) is 7.00. The highest BCUT2D eigenvalue weighted by Gasteiger charge is 2.03. The molecule has 2 aromatic carbocycles. The number of nitrogens with one attached hydrogen (secondary N) is 1. The lowest BCUT2D eigenvalue weighted by atomic mass is 10.2. The maximum atomic E-state index is 5.42. The predicted octanol–water partition coefficient (Wildman–Crippen LogP) is 5.42. The molecule has 0 bridgehead atoms. The summed E-state index contributed by atoms with van der Waals surface area (Å²) in [6.45, 7) is 2.63. The summed E-state index contributed by atoms with van der Waals surface area (Å²) in [6.07, 6.45) is 1.76. The van der Waals surface area contributed by atoms with Crippen LogP contribution in [0.4, 0.5) is 5.13 Å². The van der Waals surface area contributed by atoms with E-state index in [9.17, 15) is 0 Å². The van der Waals surface area contributed by atoms with Crippen LogP contribution in [0.5, 0.6) is 5.75 Å². The number of halogens is 1. The first-order valence-electron chi connectivity index (χ1n) is 7.48. The molecule has 0 spiro atoms. The first-order valence-corrected chi connectivity index (χ1v) is 9.15. The number of hydrazone groups is 1. The minimum Gasteiger partial charge on any atom is -0.494 e. The molecule has 24 heavy (non-hydrogen) atoms. The Morgan fingerprint density at radius 1 is 1.17 bits per heavy atom. The quantitative estimate of drug-likeness (QED) is 0.443. The maximum Gasteiger partial charge on any atom is 0.203 e. The van der Waals surface area contributed by atoms with Gasteiger partial charge in [0.25, 0.3) is 0 Å². The van der Waals surface area contributed by atoms with Gasteiger partial charge in [-0.25, -0.2) is 4.98 Å². The van der Waals surface area contributed by atoms with E-state index in [0.717, 1.165) is 32.2 Å². The standard InChI is InChI=1S/C18H16BrN3OS/c1-2-23-16-9-3-13(4-10-16)11-20-22-18-21-17(12-24-18)14-5-7-15(19)8-6-14/h3-12H,2H2,1H3,(H,21,22)/b20-11-. The average Bonchev–Trinajstić information content (AvgIpc) is 3.06. The van der Waals surface area contributed by atoms with E-state index >= 15 is 0 Å². The molecule has 0 fully saturated rings. The van der Waals surface area contributed by atoms with Crippen molar-refractivity contribution in [2.45, 2.75) is 6.92 Å². The van der Waals surface area contributed by atoms with Gasteiger partial charge in [-0.3, -0.25) is 5.43 Å². The van der Waals surface area contributed by atoms with Crippen LogP contribution >= 0.6 is 27.3 Å². The maximum absolute atomic E-state index is 5.42. The number of thiazole rings is 1. The molecule has 3 aromatic rings. The van der Waals surface area contributed by atoms with Crippen molar-refractivity contribution in [2.24, 2.45) is 5.10 Å². The third kappa shape index (κ3) is 4.43. The Morgan fingerprint density at radius 2 is 1.92 bits per heavy atom. The van der Waals surface area contributed by atoms with Gasteiger partial charge in [0.05, 0.1) is 18.5 Å². The average molecular weight is 402 g/mol. The molecule has 0 atom stereocenters. The van der Waals surface area contributed by atoms with Gasteiger partial charge >= 0.3 is 0 Å². The Bertz CT molecular complexity index is 813. The van der Waals surface area contributed by atoms with E-state index in [4.69, 9.17) is 4.74 Å². The highest BCUT2D eigenvalue weighted by Crippen LogP contribution is 2.26. The van der Waals surface area contributed by atoms with E-state index in [-0.39, 0.29) is 0 Å². The number of rotatable bonds is 6. The Kier molecular flexibility index (Phi) is 5.61. The third-order valence-corrected chi connectivity index (χ3v) is 4.48. The Labute approximate surface area is 153 Å². The lowest BCUT2D eigenvalue weighted by Gasteiger charge is -2.02. The summed E-state index contributed by atoms with van der Waals surface area (Å²) in [5.41, 5.74) is 5.98. The number of benzene rings is 2. The fourth-order valence-electron chi connectivity index (χ4n) is 2.06. The molecule has 1 heterocycles. The van der Waals surface area contributed by atoms with E-state index in [1.54, 1.807) is 6.21 Å². The fraction of sp³-hybridized carbons (Fsp3) is 0.111. The van der Waals surface area contributed by atoms with Crippen molar-refractivity contribution in [3.8, 4) is 17.0 Å². The Morgan fingerprint density at radius 3 is 2.62 bits per heavy atom. The minimum absolute atomic E-state index is 0.666. The first kappa shape index (κ1) is 16.7. The zero-order valence-corrected chi connectivity index (χ0v) is 15.5. The predicted molar refractivity (Wildman–Crippen MR) is 104 cm³/mol. The van der Waals surface area contributed by atoms with Crippen molar-refractivity contribution in [3.63, 3.8) is 0 Å². The zero-order valence-electron chi connectivity index (χ0n) is 13.1. The normalized spacial score (nSPS) is 10.9. The summed E-state index contributed by atoms with van der Waals surface area (Å²) in [5.74, 6) is 0.863. The molecule has 0 saturated carbocycles. The molecule has 4 nitrogen and oxygen atoms in total. The van der Waals surface area contributed by atoms with Gasteiger partial charge in [-0.2, -0.15) is 5.10 Å². The second-order valence-electron chi connectivity index (χ2n) is 4.92. The van der Waals surface area contributed by atoms with E-state index in [2.05, 4.69) is 31.4 Å². The van der Waals surface area contributed by atoms with Gasteiger partial charge < -0.3 is 4.74 Å². The van der Waals surface area contributed by atoms with Gasteiger partial charge in [0.2, 0.25) is 5.13 Å². The number of hydrogen-bond donors (Lipinski definition) is 1. The Hall–Kier alpha value is -2.18. The van der Waals surface area contributed by atoms with Gasteiger partial charge in [0.1, 0.15) is 5.75 Å². The van der Waals surface area contributed by atoms with Crippen LogP contribution in [0.25, 0.3) is 11.3 Å². The van der Waals surface area contributed by atoms with E-state index in [1.165, 1.54) is 11.3 Å². The van der Waals surface area contributed by atoms with Crippen LogP contribution in [-0.4, -0.2) is 17.8 Å².